The number of hydrogen-bond donors (Lipinski definition) is 1. The average Bonchev–Trinajstić information content (AvgIpc) is 3.25. The van der Waals surface area contributed by atoms with E-state index in [9.17, 15) is 5.21 Å². The fraction of sp³-hybridized carbons (Fsp3) is 0.333. The molecular formula is C21H24N6O2. The van der Waals surface area contributed by atoms with Crippen LogP contribution in [0, 0.1) is 13.8 Å². The summed E-state index contributed by atoms with van der Waals surface area (Å²) in [7, 11) is 1.74. The lowest BCUT2D eigenvalue weighted by atomic mass is 10.1. The average molecular weight is 392 g/mol. The van der Waals surface area contributed by atoms with Crippen molar-refractivity contribution in [1.82, 2.24) is 29.9 Å². The Kier molecular flexibility index (Phi) is 4.92. The molecule has 0 saturated heterocycles. The molecule has 1 aromatic carbocycles. The molecule has 0 bridgehead atoms. The first-order chi connectivity index (χ1) is 14.0. The van der Waals surface area contributed by atoms with E-state index in [1.165, 1.54) is 4.80 Å². The Labute approximate surface area is 168 Å². The number of nitrogens with zero attached hydrogens (tertiary/aromatic N) is 6. The van der Waals surface area contributed by atoms with Gasteiger partial charge in [0.05, 0.1) is 12.4 Å². The van der Waals surface area contributed by atoms with E-state index < -0.39 is 0 Å². The summed E-state index contributed by atoms with van der Waals surface area (Å²) >= 11 is 0. The summed E-state index contributed by atoms with van der Waals surface area (Å²) in [5.74, 6) is 1.98. The molecule has 8 heteroatoms. The molecule has 0 amide bonds. The summed E-state index contributed by atoms with van der Waals surface area (Å²) in [6, 6.07) is 7.74. The van der Waals surface area contributed by atoms with Crippen molar-refractivity contribution in [2.45, 2.75) is 40.0 Å². The standard InChI is InChI=1S/C21H24N6O2/c1-5-6-9-17-19(16-8-7-10-22-21(16)27(17)28)29-18-13(2)11-15(12-14(18)3)20-23-25-26(4)24-20/h7-8,10-12,28H,5-6,9H2,1-4H3. The fourth-order valence-electron chi connectivity index (χ4n) is 3.54. The summed E-state index contributed by atoms with van der Waals surface area (Å²) in [5, 5.41) is 23.7. The maximum Gasteiger partial charge on any atom is 0.204 e. The molecule has 4 aromatic rings. The van der Waals surface area contributed by atoms with Crippen molar-refractivity contribution in [2.24, 2.45) is 7.05 Å². The Morgan fingerprint density at radius 1 is 1.14 bits per heavy atom. The van der Waals surface area contributed by atoms with E-state index in [-0.39, 0.29) is 0 Å². The minimum Gasteiger partial charge on any atom is -0.454 e. The molecule has 0 aliphatic carbocycles. The number of aryl methyl sites for hydroxylation is 3. The summed E-state index contributed by atoms with van der Waals surface area (Å²) in [6.45, 7) is 6.10. The minimum absolute atomic E-state index is 0.504. The van der Waals surface area contributed by atoms with Crippen LogP contribution in [0.25, 0.3) is 22.4 Å². The maximum atomic E-state index is 10.7. The van der Waals surface area contributed by atoms with E-state index in [1.807, 2.05) is 38.1 Å². The Balaban J connectivity index is 1.79. The van der Waals surface area contributed by atoms with Crippen LogP contribution in [0.2, 0.25) is 0 Å². The molecule has 0 saturated carbocycles. The zero-order chi connectivity index (χ0) is 20.5. The minimum atomic E-state index is 0.504. The number of ether oxygens (including phenoxy) is 1. The van der Waals surface area contributed by atoms with Gasteiger partial charge in [0, 0.05) is 11.8 Å². The molecule has 1 N–H and O–H groups in total. The lowest BCUT2D eigenvalue weighted by molar-refractivity contribution is 0.186. The molecule has 0 aliphatic heterocycles. The van der Waals surface area contributed by atoms with E-state index in [0.717, 1.165) is 51.1 Å². The number of benzene rings is 1. The Hall–Kier alpha value is -3.42. The SMILES string of the molecule is CCCCc1c(Oc2c(C)cc(-c3nnn(C)n3)cc2C)c2cccnc2n1O. The van der Waals surface area contributed by atoms with Gasteiger partial charge in [0.15, 0.2) is 11.4 Å². The van der Waals surface area contributed by atoms with Crippen molar-refractivity contribution in [3.8, 4) is 22.9 Å². The molecule has 0 radical (unpaired) electrons. The molecule has 0 unspecified atom stereocenters. The van der Waals surface area contributed by atoms with Gasteiger partial charge in [0.2, 0.25) is 5.82 Å². The van der Waals surface area contributed by atoms with E-state index in [0.29, 0.717) is 23.6 Å². The van der Waals surface area contributed by atoms with Crippen LogP contribution in [-0.2, 0) is 13.5 Å². The van der Waals surface area contributed by atoms with Gasteiger partial charge in [-0.05, 0) is 67.3 Å². The van der Waals surface area contributed by atoms with Crippen LogP contribution in [0.4, 0.5) is 0 Å². The van der Waals surface area contributed by atoms with Crippen LogP contribution < -0.4 is 4.74 Å². The van der Waals surface area contributed by atoms with Gasteiger partial charge >= 0.3 is 0 Å². The summed E-state index contributed by atoms with van der Waals surface area (Å²) < 4.78 is 7.57. The normalized spacial score (nSPS) is 11.3. The van der Waals surface area contributed by atoms with E-state index in [1.54, 1.807) is 13.2 Å². The molecule has 8 nitrogen and oxygen atoms in total. The third kappa shape index (κ3) is 3.41. The molecule has 0 fully saturated rings. The molecule has 150 valence electrons. The smallest absolute Gasteiger partial charge is 0.204 e. The molecule has 29 heavy (non-hydrogen) atoms. The van der Waals surface area contributed by atoms with Gasteiger partial charge in [-0.1, -0.05) is 13.3 Å². The third-order valence-corrected chi connectivity index (χ3v) is 4.95. The van der Waals surface area contributed by atoms with Crippen LogP contribution in [0.1, 0.15) is 36.6 Å². The highest BCUT2D eigenvalue weighted by Gasteiger charge is 2.21. The zero-order valence-electron chi connectivity index (χ0n) is 17.0. The van der Waals surface area contributed by atoms with Gasteiger partial charge in [0.25, 0.3) is 0 Å². The molecule has 0 aliphatic rings. The van der Waals surface area contributed by atoms with Gasteiger partial charge in [-0.25, -0.2) is 4.98 Å². The van der Waals surface area contributed by atoms with Crippen LogP contribution in [0.15, 0.2) is 30.5 Å². The van der Waals surface area contributed by atoms with Crippen molar-refractivity contribution in [3.05, 3.63) is 47.3 Å². The van der Waals surface area contributed by atoms with Crippen molar-refractivity contribution in [2.75, 3.05) is 0 Å². The highest BCUT2D eigenvalue weighted by atomic mass is 16.5. The molecule has 0 atom stereocenters. The van der Waals surface area contributed by atoms with Crippen LogP contribution >= 0.6 is 0 Å². The first kappa shape index (κ1) is 18.9. The lowest BCUT2D eigenvalue weighted by Crippen LogP contribution is -2.01. The monoisotopic (exact) mass is 392 g/mol. The first-order valence-electron chi connectivity index (χ1n) is 9.70. The predicted molar refractivity (Wildman–Crippen MR) is 109 cm³/mol. The number of unbranched alkanes of at least 4 members (excludes halogenated alkanes) is 1. The second kappa shape index (κ2) is 7.54. The summed E-state index contributed by atoms with van der Waals surface area (Å²) in [6.07, 6.45) is 4.34. The second-order valence-corrected chi connectivity index (χ2v) is 7.21. The van der Waals surface area contributed by atoms with Gasteiger partial charge in [-0.2, -0.15) is 9.53 Å². The highest BCUT2D eigenvalue weighted by Crippen LogP contribution is 2.39. The number of hydrogen-bond acceptors (Lipinski definition) is 6. The van der Waals surface area contributed by atoms with Crippen molar-refractivity contribution >= 4 is 11.0 Å². The van der Waals surface area contributed by atoms with Gasteiger partial charge in [-0.15, -0.1) is 10.2 Å². The second-order valence-electron chi connectivity index (χ2n) is 7.21. The Morgan fingerprint density at radius 2 is 1.90 bits per heavy atom. The largest absolute Gasteiger partial charge is 0.454 e. The maximum absolute atomic E-state index is 10.7. The fourth-order valence-corrected chi connectivity index (χ4v) is 3.54. The number of pyridine rings is 1. The summed E-state index contributed by atoms with van der Waals surface area (Å²) in [5.41, 5.74) is 4.04. The van der Waals surface area contributed by atoms with Crippen molar-refractivity contribution in [3.63, 3.8) is 0 Å². The van der Waals surface area contributed by atoms with E-state index >= 15 is 0 Å². The van der Waals surface area contributed by atoms with Crippen LogP contribution in [0.3, 0.4) is 0 Å². The molecule has 3 heterocycles. The van der Waals surface area contributed by atoms with Crippen LogP contribution in [-0.4, -0.2) is 35.1 Å². The number of aromatic nitrogens is 6. The Bertz CT molecular complexity index is 1150. The third-order valence-electron chi connectivity index (χ3n) is 4.95. The van der Waals surface area contributed by atoms with Gasteiger partial charge < -0.3 is 9.94 Å². The molecule has 0 spiro atoms. The summed E-state index contributed by atoms with van der Waals surface area (Å²) in [4.78, 5) is 5.76. The molecular weight excluding hydrogens is 368 g/mol. The quantitative estimate of drug-likeness (QED) is 0.494. The van der Waals surface area contributed by atoms with Crippen molar-refractivity contribution < 1.29 is 9.94 Å². The van der Waals surface area contributed by atoms with E-state index in [2.05, 4.69) is 27.3 Å². The number of fused-ring (bicyclic) bond motifs is 1. The molecule has 3 aromatic heterocycles. The van der Waals surface area contributed by atoms with Gasteiger partial charge in [-0.3, -0.25) is 0 Å². The van der Waals surface area contributed by atoms with Crippen LogP contribution in [0.5, 0.6) is 11.5 Å². The Morgan fingerprint density at radius 3 is 2.55 bits per heavy atom. The predicted octanol–water partition coefficient (Wildman–Crippen LogP) is 4.22. The first-order valence-corrected chi connectivity index (χ1v) is 9.70. The highest BCUT2D eigenvalue weighted by molar-refractivity contribution is 5.85. The number of tetrazole rings is 1. The van der Waals surface area contributed by atoms with Crippen molar-refractivity contribution in [1.29, 1.82) is 0 Å². The topological polar surface area (TPSA) is 90.9 Å². The van der Waals surface area contributed by atoms with E-state index in [4.69, 9.17) is 4.74 Å². The molecule has 4 rings (SSSR count). The zero-order valence-corrected chi connectivity index (χ0v) is 17.0. The lowest BCUT2D eigenvalue weighted by Gasteiger charge is -2.14. The van der Waals surface area contributed by atoms with Gasteiger partial charge in [0.1, 0.15) is 11.4 Å². The number of rotatable bonds is 6.